The van der Waals surface area contributed by atoms with Crippen LogP contribution >= 0.6 is 23.1 Å². The van der Waals surface area contributed by atoms with E-state index in [0.717, 1.165) is 15.8 Å². The number of hydrogen-bond donors (Lipinski definition) is 1. The van der Waals surface area contributed by atoms with Crippen molar-refractivity contribution in [3.63, 3.8) is 0 Å². The first-order valence-electron chi connectivity index (χ1n) is 6.50. The zero-order valence-corrected chi connectivity index (χ0v) is 13.8. The summed E-state index contributed by atoms with van der Waals surface area (Å²) in [5, 5.41) is 8.99. The molecular weight excluding hydrogens is 306 g/mol. The highest BCUT2D eigenvalue weighted by atomic mass is 32.2. The first kappa shape index (κ1) is 15.9. The number of aromatic carboxylic acids is 1. The zero-order valence-electron chi connectivity index (χ0n) is 12.2. The number of thioether (sulfide) groups is 1. The Hall–Kier alpha value is -1.53. The van der Waals surface area contributed by atoms with Crippen molar-refractivity contribution < 1.29 is 14.6 Å². The average molecular weight is 323 g/mol. The smallest absolute Gasteiger partial charge is 0.347 e. The van der Waals surface area contributed by atoms with E-state index in [0.29, 0.717) is 17.2 Å². The Labute approximate surface area is 132 Å². The monoisotopic (exact) mass is 323 g/mol. The van der Waals surface area contributed by atoms with Crippen molar-refractivity contribution in [1.82, 2.24) is 4.98 Å². The number of aromatic nitrogens is 1. The molecule has 1 heterocycles. The molecule has 0 radical (unpaired) electrons. The number of carboxylic acid groups (broad SMARTS) is 1. The van der Waals surface area contributed by atoms with Crippen LogP contribution < -0.4 is 4.74 Å². The number of benzene rings is 1. The summed E-state index contributed by atoms with van der Waals surface area (Å²) < 4.78 is 6.49. The first-order valence-corrected chi connectivity index (χ1v) is 8.30. The molecule has 0 saturated carbocycles. The summed E-state index contributed by atoms with van der Waals surface area (Å²) in [6.07, 6.45) is 0. The van der Waals surface area contributed by atoms with Gasteiger partial charge in [0.15, 0.2) is 4.34 Å². The predicted molar refractivity (Wildman–Crippen MR) is 85.9 cm³/mol. The first-order chi connectivity index (χ1) is 9.95. The lowest BCUT2D eigenvalue weighted by molar-refractivity contribution is 0.0701. The Morgan fingerprint density at radius 2 is 1.95 bits per heavy atom. The van der Waals surface area contributed by atoms with Crippen LogP contribution in [0.5, 0.6) is 5.75 Å². The van der Waals surface area contributed by atoms with Gasteiger partial charge in [-0.3, -0.25) is 0 Å². The third-order valence-corrected chi connectivity index (χ3v) is 5.00. The summed E-state index contributed by atoms with van der Waals surface area (Å²) in [6.45, 7) is 6.37. The van der Waals surface area contributed by atoms with Crippen LogP contribution in [0.25, 0.3) is 0 Å². The largest absolute Gasteiger partial charge is 0.493 e. The predicted octanol–water partition coefficient (Wildman–Crippen LogP) is 3.94. The van der Waals surface area contributed by atoms with Crippen molar-refractivity contribution in [2.75, 3.05) is 12.4 Å². The number of carboxylic acids is 1. The fraction of sp³-hybridized carbons (Fsp3) is 0.333. The van der Waals surface area contributed by atoms with Crippen LogP contribution in [0.2, 0.25) is 0 Å². The normalized spacial score (nSPS) is 10.6. The van der Waals surface area contributed by atoms with Crippen LogP contribution in [0, 0.1) is 20.8 Å². The number of aryl methyl sites for hydroxylation is 3. The van der Waals surface area contributed by atoms with Gasteiger partial charge in [0, 0.05) is 5.75 Å². The molecule has 21 heavy (non-hydrogen) atoms. The average Bonchev–Trinajstić information content (AvgIpc) is 2.75. The van der Waals surface area contributed by atoms with Gasteiger partial charge >= 0.3 is 5.97 Å². The lowest BCUT2D eigenvalue weighted by Crippen LogP contribution is -2.00. The Morgan fingerprint density at radius 3 is 2.52 bits per heavy atom. The number of carbonyl (C=O) groups is 1. The van der Waals surface area contributed by atoms with Crippen molar-refractivity contribution in [3.05, 3.63) is 39.9 Å². The van der Waals surface area contributed by atoms with Gasteiger partial charge in [-0.25, -0.2) is 9.78 Å². The van der Waals surface area contributed by atoms with Crippen molar-refractivity contribution >= 4 is 29.1 Å². The summed E-state index contributed by atoms with van der Waals surface area (Å²) in [6, 6.07) is 6.12. The second-order valence-electron chi connectivity index (χ2n) is 4.72. The fourth-order valence-corrected chi connectivity index (χ4v) is 3.85. The van der Waals surface area contributed by atoms with Crippen molar-refractivity contribution in [2.45, 2.75) is 25.1 Å². The van der Waals surface area contributed by atoms with E-state index in [-0.39, 0.29) is 0 Å². The van der Waals surface area contributed by atoms with Crippen molar-refractivity contribution in [1.29, 1.82) is 0 Å². The van der Waals surface area contributed by atoms with E-state index in [1.165, 1.54) is 34.2 Å². The molecule has 0 aliphatic carbocycles. The van der Waals surface area contributed by atoms with Gasteiger partial charge in [-0.05, 0) is 44.0 Å². The highest BCUT2D eigenvalue weighted by Crippen LogP contribution is 2.27. The molecule has 0 fully saturated rings. The summed E-state index contributed by atoms with van der Waals surface area (Å²) in [4.78, 5) is 15.5. The molecule has 1 aromatic carbocycles. The molecule has 0 saturated heterocycles. The van der Waals surface area contributed by atoms with Crippen LogP contribution in [-0.4, -0.2) is 28.4 Å². The summed E-state index contributed by atoms with van der Waals surface area (Å²) in [5.41, 5.74) is 2.93. The molecule has 1 aromatic heterocycles. The molecule has 6 heteroatoms. The molecule has 112 valence electrons. The summed E-state index contributed by atoms with van der Waals surface area (Å²) in [7, 11) is 0. The minimum absolute atomic E-state index is 0.313. The molecule has 2 aromatic rings. The van der Waals surface area contributed by atoms with Gasteiger partial charge in [0.1, 0.15) is 10.6 Å². The minimum atomic E-state index is -0.914. The van der Waals surface area contributed by atoms with Gasteiger partial charge in [0.05, 0.1) is 12.3 Å². The molecule has 2 rings (SSSR count). The van der Waals surface area contributed by atoms with E-state index >= 15 is 0 Å². The maximum Gasteiger partial charge on any atom is 0.347 e. The summed E-state index contributed by atoms with van der Waals surface area (Å²) >= 11 is 2.74. The number of rotatable bonds is 6. The van der Waals surface area contributed by atoms with Crippen LogP contribution in [0.4, 0.5) is 0 Å². The fourth-order valence-electron chi connectivity index (χ4n) is 1.94. The van der Waals surface area contributed by atoms with Gasteiger partial charge in [-0.1, -0.05) is 17.8 Å². The Morgan fingerprint density at radius 1 is 1.29 bits per heavy atom. The molecule has 1 N–H and O–H groups in total. The third-order valence-electron chi connectivity index (χ3n) is 2.74. The van der Waals surface area contributed by atoms with E-state index in [1.807, 2.05) is 26.0 Å². The van der Waals surface area contributed by atoms with E-state index in [4.69, 9.17) is 9.84 Å². The molecule has 0 spiro atoms. The van der Waals surface area contributed by atoms with Gasteiger partial charge in [0.25, 0.3) is 0 Å². The van der Waals surface area contributed by atoms with Gasteiger partial charge in [0.2, 0.25) is 0 Å². The van der Waals surface area contributed by atoms with Crippen molar-refractivity contribution in [3.8, 4) is 5.75 Å². The quantitative estimate of drug-likeness (QED) is 0.644. The highest BCUT2D eigenvalue weighted by molar-refractivity contribution is 8.01. The molecule has 4 nitrogen and oxygen atoms in total. The molecule has 0 bridgehead atoms. The molecule has 0 unspecified atom stereocenters. The van der Waals surface area contributed by atoms with Crippen molar-refractivity contribution in [2.24, 2.45) is 0 Å². The Kier molecular flexibility index (Phi) is 5.25. The standard InChI is InChI=1S/C15H17NO3S2/c1-9-6-10(2)8-12(7-9)19-4-5-20-15-16-11(3)13(21-15)14(17)18/h6-8H,4-5H2,1-3H3,(H,17,18). The van der Waals surface area contributed by atoms with E-state index in [2.05, 4.69) is 11.1 Å². The Balaban J connectivity index is 1.84. The maximum atomic E-state index is 11.0. The number of ether oxygens (including phenoxy) is 1. The number of thiazole rings is 1. The molecule has 0 atom stereocenters. The highest BCUT2D eigenvalue weighted by Gasteiger charge is 2.13. The molecule has 0 aliphatic heterocycles. The molecule has 0 amide bonds. The lowest BCUT2D eigenvalue weighted by atomic mass is 10.1. The van der Waals surface area contributed by atoms with Gasteiger partial charge in [-0.2, -0.15) is 0 Å². The molecular formula is C15H17NO3S2. The van der Waals surface area contributed by atoms with E-state index in [1.54, 1.807) is 6.92 Å². The topological polar surface area (TPSA) is 59.4 Å². The van der Waals surface area contributed by atoms with E-state index < -0.39 is 5.97 Å². The lowest BCUT2D eigenvalue weighted by Gasteiger charge is -2.07. The second-order valence-corrected chi connectivity index (χ2v) is 7.06. The molecule has 0 aliphatic rings. The SMILES string of the molecule is Cc1cc(C)cc(OCCSc2nc(C)c(C(=O)O)s2)c1. The third kappa shape index (κ3) is 4.47. The zero-order chi connectivity index (χ0) is 15.4. The van der Waals surface area contributed by atoms with Crippen LogP contribution in [0.1, 0.15) is 26.5 Å². The minimum Gasteiger partial charge on any atom is -0.493 e. The number of nitrogens with zero attached hydrogens (tertiary/aromatic N) is 1. The number of hydrogen-bond acceptors (Lipinski definition) is 5. The van der Waals surface area contributed by atoms with Crippen LogP contribution in [0.3, 0.4) is 0 Å². The Bertz CT molecular complexity index is 632. The van der Waals surface area contributed by atoms with Crippen LogP contribution in [-0.2, 0) is 0 Å². The summed E-state index contributed by atoms with van der Waals surface area (Å²) in [5.74, 6) is 0.692. The van der Waals surface area contributed by atoms with E-state index in [9.17, 15) is 4.79 Å². The second kappa shape index (κ2) is 6.95. The maximum absolute atomic E-state index is 11.0. The van der Waals surface area contributed by atoms with Gasteiger partial charge < -0.3 is 9.84 Å². The van der Waals surface area contributed by atoms with Gasteiger partial charge in [-0.15, -0.1) is 11.3 Å². The van der Waals surface area contributed by atoms with Crippen LogP contribution in [0.15, 0.2) is 22.5 Å².